The molecule has 1 fully saturated rings. The molecule has 2 heterocycles. The number of hydrogen-bond acceptors (Lipinski definition) is 3. The maximum absolute atomic E-state index is 12.7. The Morgan fingerprint density at radius 1 is 1.04 bits per heavy atom. The molecule has 1 N–H and O–H groups in total. The molecule has 1 aromatic heterocycles. The maximum atomic E-state index is 12.7. The monoisotopic (exact) mass is 354 g/mol. The van der Waals surface area contributed by atoms with Crippen LogP contribution in [-0.2, 0) is 11.2 Å². The number of hydrogen-bond donors (Lipinski definition) is 1. The Balaban J connectivity index is 1.32. The van der Waals surface area contributed by atoms with Crippen molar-refractivity contribution in [3.05, 3.63) is 57.8 Å². The molecule has 1 aromatic carbocycles. The Hall–Kier alpha value is -2.14. The molecular weight excluding hydrogens is 332 g/mol. The topological polar surface area (TPSA) is 49.4 Å². The number of amides is 2. The predicted octanol–water partition coefficient (Wildman–Crippen LogP) is 3.40. The smallest absolute Gasteiger partial charge is 0.263 e. The summed E-state index contributed by atoms with van der Waals surface area (Å²) in [5, 5.41) is 5.16. The summed E-state index contributed by atoms with van der Waals surface area (Å²) in [6.45, 7) is 1.33. The number of thiophene rings is 1. The fourth-order valence-electron chi connectivity index (χ4n) is 3.90. The van der Waals surface area contributed by atoms with E-state index in [1.165, 1.54) is 22.5 Å². The van der Waals surface area contributed by atoms with Crippen LogP contribution in [-0.4, -0.2) is 29.8 Å². The number of carbonyl (C=O) groups is 2. The quantitative estimate of drug-likeness (QED) is 0.918. The van der Waals surface area contributed by atoms with Gasteiger partial charge in [-0.3, -0.25) is 9.59 Å². The zero-order valence-corrected chi connectivity index (χ0v) is 14.9. The molecule has 2 aromatic rings. The van der Waals surface area contributed by atoms with E-state index in [1.807, 2.05) is 28.5 Å². The number of nitrogens with zero attached hydrogens (tertiary/aromatic N) is 1. The van der Waals surface area contributed by atoms with Crippen molar-refractivity contribution in [2.75, 3.05) is 13.1 Å². The van der Waals surface area contributed by atoms with Gasteiger partial charge in [-0.05, 0) is 48.3 Å². The molecule has 4 nitrogen and oxygen atoms in total. The molecule has 2 amide bonds. The number of nitrogens with one attached hydrogen (secondary N) is 1. The molecule has 5 heteroatoms. The minimum Gasteiger partial charge on any atom is -0.349 e. The first kappa shape index (κ1) is 16.3. The van der Waals surface area contributed by atoms with Crippen molar-refractivity contribution < 1.29 is 9.59 Å². The van der Waals surface area contributed by atoms with Crippen LogP contribution in [0, 0.1) is 5.92 Å². The van der Waals surface area contributed by atoms with Crippen LogP contribution < -0.4 is 5.32 Å². The lowest BCUT2D eigenvalue weighted by Crippen LogP contribution is -2.43. The third kappa shape index (κ3) is 3.33. The Morgan fingerprint density at radius 3 is 2.60 bits per heavy atom. The van der Waals surface area contributed by atoms with Gasteiger partial charge in [-0.15, -0.1) is 11.3 Å². The highest BCUT2D eigenvalue weighted by Crippen LogP contribution is 2.31. The largest absolute Gasteiger partial charge is 0.349 e. The molecule has 130 valence electrons. The fourth-order valence-corrected chi connectivity index (χ4v) is 4.59. The Bertz CT molecular complexity index is 764. The molecule has 25 heavy (non-hydrogen) atoms. The Morgan fingerprint density at radius 2 is 1.84 bits per heavy atom. The van der Waals surface area contributed by atoms with Crippen molar-refractivity contribution in [3.63, 3.8) is 0 Å². The van der Waals surface area contributed by atoms with E-state index in [2.05, 4.69) is 23.5 Å². The molecule has 1 aliphatic carbocycles. The van der Waals surface area contributed by atoms with E-state index in [0.717, 1.165) is 30.6 Å². The van der Waals surface area contributed by atoms with Gasteiger partial charge in [0.15, 0.2) is 0 Å². The molecule has 0 saturated carbocycles. The van der Waals surface area contributed by atoms with Gasteiger partial charge in [0.1, 0.15) is 0 Å². The van der Waals surface area contributed by atoms with Crippen LogP contribution in [0.4, 0.5) is 0 Å². The number of fused-ring (bicyclic) bond motifs is 1. The van der Waals surface area contributed by atoms with Crippen molar-refractivity contribution in [3.8, 4) is 0 Å². The number of likely N-dealkylation sites (tertiary alicyclic amines) is 1. The Labute approximate surface area is 151 Å². The van der Waals surface area contributed by atoms with E-state index in [4.69, 9.17) is 0 Å². The van der Waals surface area contributed by atoms with Crippen molar-refractivity contribution in [2.24, 2.45) is 5.92 Å². The first-order valence-electron chi connectivity index (χ1n) is 8.93. The summed E-state index contributed by atoms with van der Waals surface area (Å²) in [6, 6.07) is 12.3. The van der Waals surface area contributed by atoms with Crippen molar-refractivity contribution in [1.29, 1.82) is 0 Å². The predicted molar refractivity (Wildman–Crippen MR) is 98.6 cm³/mol. The molecule has 0 spiro atoms. The van der Waals surface area contributed by atoms with Crippen LogP contribution >= 0.6 is 11.3 Å². The third-order valence-corrected chi connectivity index (χ3v) is 6.19. The lowest BCUT2D eigenvalue weighted by molar-refractivity contribution is -0.127. The second kappa shape index (κ2) is 7.00. The number of aryl methyl sites for hydroxylation is 1. The van der Waals surface area contributed by atoms with Crippen molar-refractivity contribution >= 4 is 23.2 Å². The summed E-state index contributed by atoms with van der Waals surface area (Å²) in [5.74, 6) is 0.253. The SMILES string of the molecule is O=C(NC1CCc2ccccc21)C1CCN(C(=O)c2cccs2)CC1. The van der Waals surface area contributed by atoms with Crippen LogP contribution in [0.15, 0.2) is 41.8 Å². The number of carbonyl (C=O) groups excluding carboxylic acids is 2. The lowest BCUT2D eigenvalue weighted by atomic mass is 9.95. The molecule has 1 aliphatic heterocycles. The first-order chi connectivity index (χ1) is 12.2. The standard InChI is InChI=1S/C20H22N2O2S/c23-19(21-17-8-7-14-4-1-2-5-16(14)17)15-9-11-22(12-10-15)20(24)18-6-3-13-25-18/h1-6,13,15,17H,7-12H2,(H,21,23). The van der Waals surface area contributed by atoms with Crippen molar-refractivity contribution in [2.45, 2.75) is 31.7 Å². The van der Waals surface area contributed by atoms with Gasteiger partial charge in [-0.1, -0.05) is 30.3 Å². The Kier molecular flexibility index (Phi) is 4.57. The van der Waals surface area contributed by atoms with Gasteiger partial charge < -0.3 is 10.2 Å². The van der Waals surface area contributed by atoms with Crippen LogP contribution in [0.2, 0.25) is 0 Å². The van der Waals surface area contributed by atoms with Gasteiger partial charge in [-0.2, -0.15) is 0 Å². The van der Waals surface area contributed by atoms with Gasteiger partial charge in [0, 0.05) is 19.0 Å². The van der Waals surface area contributed by atoms with E-state index < -0.39 is 0 Å². The van der Waals surface area contributed by atoms with Gasteiger partial charge in [0.2, 0.25) is 5.91 Å². The normalized spacial score (nSPS) is 20.3. The second-order valence-corrected chi connectivity index (χ2v) is 7.79. The molecule has 2 aliphatic rings. The molecule has 0 bridgehead atoms. The highest BCUT2D eigenvalue weighted by molar-refractivity contribution is 7.12. The maximum Gasteiger partial charge on any atom is 0.263 e. The van der Waals surface area contributed by atoms with Crippen molar-refractivity contribution in [1.82, 2.24) is 10.2 Å². The van der Waals surface area contributed by atoms with Gasteiger partial charge in [0.25, 0.3) is 5.91 Å². The molecule has 1 unspecified atom stereocenters. The van der Waals surface area contributed by atoms with E-state index in [9.17, 15) is 9.59 Å². The average molecular weight is 354 g/mol. The zero-order chi connectivity index (χ0) is 17.2. The summed E-state index contributed by atoms with van der Waals surface area (Å²) in [5.41, 5.74) is 2.62. The minimum atomic E-state index is 0.0140. The minimum absolute atomic E-state index is 0.0140. The molecule has 1 atom stereocenters. The van der Waals surface area contributed by atoms with E-state index in [1.54, 1.807) is 0 Å². The third-order valence-electron chi connectivity index (χ3n) is 5.33. The van der Waals surface area contributed by atoms with Crippen LogP contribution in [0.3, 0.4) is 0 Å². The number of rotatable bonds is 3. The summed E-state index contributed by atoms with van der Waals surface area (Å²) in [7, 11) is 0. The van der Waals surface area contributed by atoms with Crippen LogP contribution in [0.5, 0.6) is 0 Å². The van der Waals surface area contributed by atoms with Crippen LogP contribution in [0.25, 0.3) is 0 Å². The van der Waals surface area contributed by atoms with E-state index >= 15 is 0 Å². The number of benzene rings is 1. The average Bonchev–Trinajstić information content (AvgIpc) is 3.32. The molecule has 4 rings (SSSR count). The summed E-state index contributed by atoms with van der Waals surface area (Å²) < 4.78 is 0. The van der Waals surface area contributed by atoms with E-state index in [-0.39, 0.29) is 23.8 Å². The second-order valence-electron chi connectivity index (χ2n) is 6.84. The van der Waals surface area contributed by atoms with Gasteiger partial charge in [0.05, 0.1) is 10.9 Å². The summed E-state index contributed by atoms with van der Waals surface area (Å²) >= 11 is 1.48. The van der Waals surface area contributed by atoms with Gasteiger partial charge in [-0.25, -0.2) is 0 Å². The van der Waals surface area contributed by atoms with Gasteiger partial charge >= 0.3 is 0 Å². The fraction of sp³-hybridized carbons (Fsp3) is 0.400. The molecule has 0 radical (unpaired) electrons. The van der Waals surface area contributed by atoms with E-state index in [0.29, 0.717) is 13.1 Å². The molecule has 1 saturated heterocycles. The summed E-state index contributed by atoms with van der Waals surface area (Å²) in [6.07, 6.45) is 3.52. The highest BCUT2D eigenvalue weighted by atomic mass is 32.1. The lowest BCUT2D eigenvalue weighted by Gasteiger charge is -2.31. The van der Waals surface area contributed by atoms with Crippen LogP contribution in [0.1, 0.15) is 46.1 Å². The summed E-state index contributed by atoms with van der Waals surface area (Å²) in [4.78, 5) is 27.7. The number of piperidine rings is 1. The molecular formula is C20H22N2O2S. The first-order valence-corrected chi connectivity index (χ1v) is 9.81. The zero-order valence-electron chi connectivity index (χ0n) is 14.1. The highest BCUT2D eigenvalue weighted by Gasteiger charge is 2.31.